The predicted octanol–water partition coefficient (Wildman–Crippen LogP) is 2.65. The summed E-state index contributed by atoms with van der Waals surface area (Å²) in [7, 11) is 0. The van der Waals surface area contributed by atoms with E-state index in [4.69, 9.17) is 9.84 Å². The molecule has 1 amide bonds. The molecule has 1 heterocycles. The lowest BCUT2D eigenvalue weighted by Gasteiger charge is -2.33. The fourth-order valence-electron chi connectivity index (χ4n) is 3.61. The summed E-state index contributed by atoms with van der Waals surface area (Å²) in [6, 6.07) is 9.46. The number of carbonyl (C=O) groups is 2. The van der Waals surface area contributed by atoms with Crippen molar-refractivity contribution >= 4 is 12.1 Å². The normalized spacial score (nSPS) is 26.9. The SMILES string of the molecule is O=C(O)C[C@@H]1[C@H]2CC[C@H](C2)N1C(=O)OCc1ccccc1. The van der Waals surface area contributed by atoms with Crippen LogP contribution in [0.1, 0.15) is 31.2 Å². The number of benzene rings is 1. The molecule has 2 bridgehead atoms. The molecule has 0 unspecified atom stereocenters. The zero-order valence-corrected chi connectivity index (χ0v) is 11.8. The topological polar surface area (TPSA) is 66.8 Å². The summed E-state index contributed by atoms with van der Waals surface area (Å²) in [5, 5.41) is 9.03. The Balaban J connectivity index is 1.64. The van der Waals surface area contributed by atoms with Crippen molar-refractivity contribution in [2.45, 2.75) is 44.4 Å². The zero-order valence-electron chi connectivity index (χ0n) is 11.8. The molecule has 21 heavy (non-hydrogen) atoms. The van der Waals surface area contributed by atoms with Gasteiger partial charge in [0.05, 0.1) is 6.42 Å². The minimum absolute atomic E-state index is 0.0155. The van der Waals surface area contributed by atoms with E-state index in [9.17, 15) is 9.59 Å². The van der Waals surface area contributed by atoms with E-state index in [-0.39, 0.29) is 31.2 Å². The van der Waals surface area contributed by atoms with E-state index in [1.54, 1.807) is 4.90 Å². The number of hydrogen-bond donors (Lipinski definition) is 1. The monoisotopic (exact) mass is 289 g/mol. The average molecular weight is 289 g/mol. The van der Waals surface area contributed by atoms with Crippen molar-refractivity contribution in [3.05, 3.63) is 35.9 Å². The Morgan fingerprint density at radius 3 is 2.71 bits per heavy atom. The smallest absolute Gasteiger partial charge is 0.410 e. The molecule has 5 nitrogen and oxygen atoms in total. The van der Waals surface area contributed by atoms with Crippen LogP contribution in [0.15, 0.2) is 30.3 Å². The van der Waals surface area contributed by atoms with Crippen LogP contribution in [-0.2, 0) is 16.1 Å². The number of piperidine rings is 1. The van der Waals surface area contributed by atoms with Crippen LogP contribution >= 0.6 is 0 Å². The van der Waals surface area contributed by atoms with Gasteiger partial charge < -0.3 is 14.7 Å². The molecule has 0 spiro atoms. The first-order valence-corrected chi connectivity index (χ1v) is 7.36. The molecule has 0 radical (unpaired) electrons. The number of likely N-dealkylation sites (tertiary alicyclic amines) is 1. The molecule has 1 N–H and O–H groups in total. The van der Waals surface area contributed by atoms with Crippen molar-refractivity contribution in [1.82, 2.24) is 4.90 Å². The number of carboxylic acids is 1. The zero-order chi connectivity index (χ0) is 14.8. The molecule has 1 aliphatic heterocycles. The highest BCUT2D eigenvalue weighted by Gasteiger charge is 2.49. The first-order valence-electron chi connectivity index (χ1n) is 7.36. The lowest BCUT2D eigenvalue weighted by Crippen LogP contribution is -2.46. The number of amides is 1. The molecule has 0 aromatic heterocycles. The third kappa shape index (κ3) is 2.86. The van der Waals surface area contributed by atoms with Crippen molar-refractivity contribution in [3.8, 4) is 0 Å². The van der Waals surface area contributed by atoms with Crippen LogP contribution in [0.5, 0.6) is 0 Å². The Morgan fingerprint density at radius 2 is 2.00 bits per heavy atom. The molecule has 112 valence electrons. The second kappa shape index (κ2) is 5.76. The quantitative estimate of drug-likeness (QED) is 0.925. The van der Waals surface area contributed by atoms with Crippen LogP contribution in [0.25, 0.3) is 0 Å². The van der Waals surface area contributed by atoms with Crippen LogP contribution in [0.2, 0.25) is 0 Å². The largest absolute Gasteiger partial charge is 0.481 e. The summed E-state index contributed by atoms with van der Waals surface area (Å²) in [6.45, 7) is 0.230. The number of fused-ring (bicyclic) bond motifs is 2. The molecular weight excluding hydrogens is 270 g/mol. The van der Waals surface area contributed by atoms with Gasteiger partial charge in [-0.05, 0) is 30.7 Å². The summed E-state index contributed by atoms with van der Waals surface area (Å²) in [4.78, 5) is 25.0. The summed E-state index contributed by atoms with van der Waals surface area (Å²) in [6.07, 6.45) is 2.53. The third-order valence-corrected chi connectivity index (χ3v) is 4.54. The van der Waals surface area contributed by atoms with E-state index in [0.717, 1.165) is 24.8 Å². The van der Waals surface area contributed by atoms with Gasteiger partial charge in [-0.1, -0.05) is 30.3 Å². The van der Waals surface area contributed by atoms with Gasteiger partial charge in [0.1, 0.15) is 6.61 Å². The molecule has 5 heteroatoms. The lowest BCUT2D eigenvalue weighted by molar-refractivity contribution is -0.138. The van der Waals surface area contributed by atoms with Crippen molar-refractivity contribution < 1.29 is 19.4 Å². The van der Waals surface area contributed by atoms with E-state index in [1.807, 2.05) is 30.3 Å². The lowest BCUT2D eigenvalue weighted by atomic mass is 9.96. The van der Waals surface area contributed by atoms with Crippen molar-refractivity contribution in [2.75, 3.05) is 0 Å². The van der Waals surface area contributed by atoms with E-state index >= 15 is 0 Å². The van der Waals surface area contributed by atoms with Gasteiger partial charge in [-0.3, -0.25) is 4.79 Å². The van der Waals surface area contributed by atoms with Crippen LogP contribution < -0.4 is 0 Å². The van der Waals surface area contributed by atoms with Crippen LogP contribution in [-0.4, -0.2) is 34.2 Å². The van der Waals surface area contributed by atoms with Crippen LogP contribution in [0, 0.1) is 5.92 Å². The molecule has 3 atom stereocenters. The van der Waals surface area contributed by atoms with Crippen molar-refractivity contribution in [3.63, 3.8) is 0 Å². The molecule has 1 saturated heterocycles. The molecule has 1 aliphatic carbocycles. The maximum atomic E-state index is 12.3. The van der Waals surface area contributed by atoms with Gasteiger partial charge in [0.25, 0.3) is 0 Å². The second-order valence-electron chi connectivity index (χ2n) is 5.84. The van der Waals surface area contributed by atoms with E-state index in [2.05, 4.69) is 0 Å². The Bertz CT molecular complexity index is 530. The van der Waals surface area contributed by atoms with Crippen LogP contribution in [0.4, 0.5) is 4.79 Å². The Morgan fingerprint density at radius 1 is 1.24 bits per heavy atom. The van der Waals surface area contributed by atoms with E-state index in [0.29, 0.717) is 5.92 Å². The van der Waals surface area contributed by atoms with Gasteiger partial charge in [-0.2, -0.15) is 0 Å². The molecule has 1 aromatic carbocycles. The van der Waals surface area contributed by atoms with Gasteiger partial charge in [-0.15, -0.1) is 0 Å². The number of rotatable bonds is 4. The first-order chi connectivity index (χ1) is 10.1. The van der Waals surface area contributed by atoms with Gasteiger partial charge in [0.2, 0.25) is 0 Å². The van der Waals surface area contributed by atoms with Crippen LogP contribution in [0.3, 0.4) is 0 Å². The molecule has 1 aromatic rings. The number of ether oxygens (including phenoxy) is 1. The van der Waals surface area contributed by atoms with Gasteiger partial charge in [0, 0.05) is 12.1 Å². The minimum Gasteiger partial charge on any atom is -0.481 e. The summed E-state index contributed by atoms with van der Waals surface area (Å²) >= 11 is 0. The van der Waals surface area contributed by atoms with Gasteiger partial charge >= 0.3 is 12.1 Å². The molecular formula is C16H19NO4. The number of carbonyl (C=O) groups excluding carboxylic acids is 1. The first kappa shape index (κ1) is 13.9. The Hall–Kier alpha value is -2.04. The van der Waals surface area contributed by atoms with Gasteiger partial charge in [0.15, 0.2) is 0 Å². The highest BCUT2D eigenvalue weighted by atomic mass is 16.6. The van der Waals surface area contributed by atoms with Gasteiger partial charge in [-0.25, -0.2) is 4.79 Å². The second-order valence-corrected chi connectivity index (χ2v) is 5.84. The van der Waals surface area contributed by atoms with Crippen molar-refractivity contribution in [2.24, 2.45) is 5.92 Å². The highest BCUT2D eigenvalue weighted by molar-refractivity contribution is 5.72. The third-order valence-electron chi connectivity index (χ3n) is 4.54. The molecule has 3 rings (SSSR count). The van der Waals surface area contributed by atoms with Crippen molar-refractivity contribution in [1.29, 1.82) is 0 Å². The summed E-state index contributed by atoms with van der Waals surface area (Å²) in [5.74, 6) is -0.538. The standard InChI is InChI=1S/C16H19NO4/c18-15(19)9-14-12-6-7-13(8-12)17(14)16(20)21-10-11-4-2-1-3-5-11/h1-5,12-14H,6-10H2,(H,18,19)/t12-,13+,14+/m0/s1. The highest BCUT2D eigenvalue weighted by Crippen LogP contribution is 2.43. The minimum atomic E-state index is -0.853. The summed E-state index contributed by atoms with van der Waals surface area (Å²) < 4.78 is 5.37. The average Bonchev–Trinajstić information content (AvgIpc) is 3.06. The number of nitrogens with zero attached hydrogens (tertiary/aromatic N) is 1. The number of aliphatic carboxylic acids is 1. The Kier molecular flexibility index (Phi) is 3.82. The fourth-order valence-corrected chi connectivity index (χ4v) is 3.61. The van der Waals surface area contributed by atoms with E-state index in [1.165, 1.54) is 0 Å². The number of hydrogen-bond acceptors (Lipinski definition) is 3. The predicted molar refractivity (Wildman–Crippen MR) is 75.6 cm³/mol. The molecule has 1 saturated carbocycles. The summed E-state index contributed by atoms with van der Waals surface area (Å²) in [5.41, 5.74) is 0.935. The fraction of sp³-hybridized carbons (Fsp3) is 0.500. The van der Waals surface area contributed by atoms with E-state index < -0.39 is 5.97 Å². The molecule has 2 fully saturated rings. The maximum Gasteiger partial charge on any atom is 0.410 e. The molecule has 2 aliphatic rings. The maximum absolute atomic E-state index is 12.3. The number of carboxylic acid groups (broad SMARTS) is 1. The Labute approximate surface area is 123 Å².